The minimum atomic E-state index is -0.780. The van der Waals surface area contributed by atoms with Gasteiger partial charge in [-0.05, 0) is 18.3 Å². The molecule has 13 heavy (non-hydrogen) atoms. The van der Waals surface area contributed by atoms with Gasteiger partial charge in [-0.3, -0.25) is 0 Å². The fourth-order valence-electron chi connectivity index (χ4n) is 0.807. The number of halogens is 2. The van der Waals surface area contributed by atoms with E-state index in [1.54, 1.807) is 0 Å². The lowest BCUT2D eigenvalue weighted by Gasteiger charge is -2.07. The number of benzene rings is 1. The van der Waals surface area contributed by atoms with Gasteiger partial charge in [-0.2, -0.15) is 0 Å². The van der Waals surface area contributed by atoms with Crippen LogP contribution in [0.25, 0.3) is 0 Å². The van der Waals surface area contributed by atoms with E-state index in [9.17, 15) is 8.78 Å². The lowest BCUT2D eigenvalue weighted by molar-refractivity contribution is 0.581. The summed E-state index contributed by atoms with van der Waals surface area (Å²) in [4.78, 5) is 0.116. The highest BCUT2D eigenvalue weighted by atomic mass is 32.1. The molecule has 0 aromatic heterocycles. The Hall–Kier alpha value is -0.880. The fraction of sp³-hybridized carbons (Fsp3) is 0. The average Bonchev–Trinajstić information content (AvgIpc) is 1.96. The van der Waals surface area contributed by atoms with E-state index < -0.39 is 11.6 Å². The van der Waals surface area contributed by atoms with Gasteiger partial charge in [0.05, 0.1) is 5.69 Å². The topological polar surface area (TPSA) is 38.0 Å². The number of nitrogens with one attached hydrogen (secondary N) is 1. The van der Waals surface area contributed by atoms with Crippen molar-refractivity contribution in [1.82, 2.24) is 0 Å². The van der Waals surface area contributed by atoms with Gasteiger partial charge in [-0.15, -0.1) is 12.6 Å². The van der Waals surface area contributed by atoms with Crippen molar-refractivity contribution in [3.8, 4) is 0 Å². The van der Waals surface area contributed by atoms with Crippen molar-refractivity contribution in [3.05, 3.63) is 23.8 Å². The summed E-state index contributed by atoms with van der Waals surface area (Å²) in [7, 11) is 0. The number of nitrogens with two attached hydrogens (primary N) is 1. The van der Waals surface area contributed by atoms with Crippen LogP contribution in [0.5, 0.6) is 0 Å². The van der Waals surface area contributed by atoms with Crippen LogP contribution in [0, 0.1) is 11.6 Å². The standard InChI is InChI=1S/C7H6F2N2S2/c8-3-1-4(9)6(5(12)2-3)11-7(10)13/h1-2,12H,(H3,10,11,13). The zero-order chi connectivity index (χ0) is 10.0. The predicted octanol–water partition coefficient (Wildman–Crippen LogP) is 1.91. The lowest BCUT2D eigenvalue weighted by Crippen LogP contribution is -2.20. The highest BCUT2D eigenvalue weighted by Crippen LogP contribution is 2.24. The number of thiocarbonyl (C=S) groups is 1. The van der Waals surface area contributed by atoms with Gasteiger partial charge < -0.3 is 11.1 Å². The Labute approximate surface area is 84.5 Å². The molecular formula is C7H6F2N2S2. The summed E-state index contributed by atoms with van der Waals surface area (Å²) in [6.45, 7) is 0. The van der Waals surface area contributed by atoms with Gasteiger partial charge in [0, 0.05) is 11.0 Å². The largest absolute Gasteiger partial charge is 0.376 e. The third kappa shape index (κ3) is 2.53. The highest BCUT2D eigenvalue weighted by Gasteiger charge is 2.08. The summed E-state index contributed by atoms with van der Waals surface area (Å²) >= 11 is 8.36. The lowest BCUT2D eigenvalue weighted by atomic mass is 10.3. The van der Waals surface area contributed by atoms with Crippen molar-refractivity contribution >= 4 is 35.6 Å². The minimum Gasteiger partial charge on any atom is -0.376 e. The Kier molecular flexibility index (Phi) is 3.05. The number of thiol groups is 1. The summed E-state index contributed by atoms with van der Waals surface area (Å²) in [5, 5.41) is 2.26. The van der Waals surface area contributed by atoms with Crippen molar-refractivity contribution in [3.63, 3.8) is 0 Å². The Balaban J connectivity index is 3.13. The summed E-state index contributed by atoms with van der Waals surface area (Å²) in [5.41, 5.74) is 5.11. The average molecular weight is 220 g/mol. The molecule has 0 bridgehead atoms. The molecule has 0 fully saturated rings. The first-order chi connectivity index (χ1) is 6.00. The van der Waals surface area contributed by atoms with Crippen LogP contribution in [-0.2, 0) is 0 Å². The van der Waals surface area contributed by atoms with Crippen LogP contribution in [0.3, 0.4) is 0 Å². The first-order valence-electron chi connectivity index (χ1n) is 3.25. The fourth-order valence-corrected chi connectivity index (χ4v) is 1.20. The maximum absolute atomic E-state index is 13.0. The summed E-state index contributed by atoms with van der Waals surface area (Å²) in [6, 6.07) is 1.78. The SMILES string of the molecule is NC(=S)Nc1c(F)cc(F)cc1S. The van der Waals surface area contributed by atoms with Crippen molar-refractivity contribution in [2.75, 3.05) is 5.32 Å². The number of hydrogen-bond acceptors (Lipinski definition) is 2. The highest BCUT2D eigenvalue weighted by molar-refractivity contribution is 7.81. The van der Waals surface area contributed by atoms with Gasteiger partial charge >= 0.3 is 0 Å². The molecule has 0 heterocycles. The Morgan fingerprint density at radius 1 is 1.46 bits per heavy atom. The van der Waals surface area contributed by atoms with E-state index in [-0.39, 0.29) is 15.7 Å². The van der Waals surface area contributed by atoms with Crippen molar-refractivity contribution < 1.29 is 8.78 Å². The first-order valence-corrected chi connectivity index (χ1v) is 4.10. The second kappa shape index (κ2) is 3.89. The third-order valence-electron chi connectivity index (χ3n) is 1.28. The van der Waals surface area contributed by atoms with Crippen molar-refractivity contribution in [2.24, 2.45) is 5.73 Å². The van der Waals surface area contributed by atoms with E-state index in [4.69, 9.17) is 5.73 Å². The van der Waals surface area contributed by atoms with Gasteiger partial charge in [-0.25, -0.2) is 8.78 Å². The number of anilines is 1. The van der Waals surface area contributed by atoms with Crippen LogP contribution in [0.2, 0.25) is 0 Å². The van der Waals surface area contributed by atoms with Crippen molar-refractivity contribution in [1.29, 1.82) is 0 Å². The molecule has 0 unspecified atom stereocenters. The van der Waals surface area contributed by atoms with Crippen LogP contribution < -0.4 is 11.1 Å². The van der Waals surface area contributed by atoms with Gasteiger partial charge in [0.1, 0.15) is 5.82 Å². The molecule has 0 saturated heterocycles. The quantitative estimate of drug-likeness (QED) is 0.500. The molecule has 0 spiro atoms. The van der Waals surface area contributed by atoms with Crippen LogP contribution in [0.1, 0.15) is 0 Å². The molecular weight excluding hydrogens is 214 g/mol. The van der Waals surface area contributed by atoms with Crippen molar-refractivity contribution in [2.45, 2.75) is 4.90 Å². The van der Waals surface area contributed by atoms with E-state index in [0.717, 1.165) is 12.1 Å². The molecule has 1 aromatic rings. The van der Waals surface area contributed by atoms with Crippen LogP contribution >= 0.6 is 24.8 Å². The molecule has 6 heteroatoms. The van der Waals surface area contributed by atoms with E-state index in [0.29, 0.717) is 0 Å². The zero-order valence-electron chi connectivity index (χ0n) is 6.34. The van der Waals surface area contributed by atoms with Gasteiger partial charge in [0.25, 0.3) is 0 Å². The molecule has 3 N–H and O–H groups in total. The van der Waals surface area contributed by atoms with Crippen LogP contribution in [-0.4, -0.2) is 5.11 Å². The molecule has 0 aliphatic carbocycles. The first kappa shape index (κ1) is 10.2. The predicted molar refractivity (Wildman–Crippen MR) is 54.0 cm³/mol. The second-order valence-electron chi connectivity index (χ2n) is 2.27. The van der Waals surface area contributed by atoms with Gasteiger partial charge in [0.15, 0.2) is 10.9 Å². The maximum atomic E-state index is 13.0. The molecule has 0 atom stereocenters. The molecule has 0 aliphatic rings. The van der Waals surface area contributed by atoms with E-state index in [2.05, 4.69) is 30.2 Å². The Morgan fingerprint density at radius 2 is 2.08 bits per heavy atom. The monoisotopic (exact) mass is 220 g/mol. The second-order valence-corrected chi connectivity index (χ2v) is 3.19. The normalized spacial score (nSPS) is 9.77. The molecule has 0 amide bonds. The molecule has 0 radical (unpaired) electrons. The van der Waals surface area contributed by atoms with Gasteiger partial charge in [-0.1, -0.05) is 0 Å². The summed E-state index contributed by atoms with van der Waals surface area (Å²) in [6.07, 6.45) is 0. The zero-order valence-corrected chi connectivity index (χ0v) is 8.05. The third-order valence-corrected chi connectivity index (χ3v) is 1.74. The molecule has 0 aliphatic heterocycles. The van der Waals surface area contributed by atoms with Crippen LogP contribution in [0.4, 0.5) is 14.5 Å². The minimum absolute atomic E-state index is 0.0165. The maximum Gasteiger partial charge on any atom is 0.168 e. The Bertz CT molecular complexity index is 331. The molecule has 0 saturated carbocycles. The molecule has 70 valence electrons. The van der Waals surface area contributed by atoms with E-state index in [1.165, 1.54) is 0 Å². The van der Waals surface area contributed by atoms with Gasteiger partial charge in [0.2, 0.25) is 0 Å². The number of rotatable bonds is 1. The van der Waals surface area contributed by atoms with E-state index >= 15 is 0 Å². The smallest absolute Gasteiger partial charge is 0.168 e. The Morgan fingerprint density at radius 3 is 2.54 bits per heavy atom. The molecule has 1 aromatic carbocycles. The molecule has 1 rings (SSSR count). The van der Waals surface area contributed by atoms with E-state index in [1.807, 2.05) is 0 Å². The van der Waals surface area contributed by atoms with Crippen LogP contribution in [0.15, 0.2) is 17.0 Å². The molecule has 2 nitrogen and oxygen atoms in total. The number of hydrogen-bond donors (Lipinski definition) is 3. The summed E-state index contributed by atoms with van der Waals surface area (Å²) < 4.78 is 25.6. The summed E-state index contributed by atoms with van der Waals surface area (Å²) in [5.74, 6) is -1.48.